The number of benzene rings is 1. The maximum absolute atomic E-state index is 12.4. The second kappa shape index (κ2) is 5.85. The van der Waals surface area contributed by atoms with E-state index in [1.807, 2.05) is 22.7 Å². The van der Waals surface area contributed by atoms with Gasteiger partial charge in [0, 0.05) is 47.2 Å². The SMILES string of the molecule is O=C(CC1CSCCN1)N1CCc2ccc(Br)cc21. The van der Waals surface area contributed by atoms with Crippen molar-refractivity contribution in [2.45, 2.75) is 18.9 Å². The van der Waals surface area contributed by atoms with Crippen molar-refractivity contribution in [3.05, 3.63) is 28.2 Å². The zero-order valence-corrected chi connectivity index (χ0v) is 13.1. The standard InChI is InChI=1S/C14H17BrN2OS/c15-11-2-1-10-3-5-17(13(10)7-11)14(18)8-12-9-19-6-4-16-12/h1-2,7,12,16H,3-6,8-9H2. The van der Waals surface area contributed by atoms with Crippen molar-refractivity contribution in [2.75, 3.05) is 29.5 Å². The van der Waals surface area contributed by atoms with Crippen LogP contribution in [-0.2, 0) is 11.2 Å². The summed E-state index contributed by atoms with van der Waals surface area (Å²) in [6.07, 6.45) is 1.58. The van der Waals surface area contributed by atoms with Crippen molar-refractivity contribution < 1.29 is 4.79 Å². The molecule has 3 rings (SSSR count). The molecule has 5 heteroatoms. The molecule has 2 heterocycles. The lowest BCUT2D eigenvalue weighted by atomic mass is 10.1. The number of nitrogens with one attached hydrogen (secondary N) is 1. The van der Waals surface area contributed by atoms with Gasteiger partial charge in [0.25, 0.3) is 0 Å². The molecule has 1 aromatic rings. The summed E-state index contributed by atoms with van der Waals surface area (Å²) < 4.78 is 1.04. The zero-order valence-electron chi connectivity index (χ0n) is 10.7. The number of carbonyl (C=O) groups is 1. The Labute approximate surface area is 126 Å². The average molecular weight is 341 g/mol. The molecule has 1 saturated heterocycles. The molecule has 3 nitrogen and oxygen atoms in total. The molecule has 0 aliphatic carbocycles. The van der Waals surface area contributed by atoms with Gasteiger partial charge in [-0.1, -0.05) is 22.0 Å². The first-order valence-corrected chi connectivity index (χ1v) is 8.59. The first-order chi connectivity index (χ1) is 9.24. The third-order valence-electron chi connectivity index (χ3n) is 3.66. The minimum atomic E-state index is 0.247. The van der Waals surface area contributed by atoms with Gasteiger partial charge in [0.05, 0.1) is 0 Å². The number of anilines is 1. The second-order valence-corrected chi connectivity index (χ2v) is 7.06. The second-order valence-electron chi connectivity index (χ2n) is 5.00. The largest absolute Gasteiger partial charge is 0.312 e. The zero-order chi connectivity index (χ0) is 13.2. The fourth-order valence-corrected chi connectivity index (χ4v) is 3.98. The van der Waals surface area contributed by atoms with Gasteiger partial charge < -0.3 is 10.2 Å². The van der Waals surface area contributed by atoms with E-state index in [-0.39, 0.29) is 5.91 Å². The summed E-state index contributed by atoms with van der Waals surface area (Å²) in [7, 11) is 0. The van der Waals surface area contributed by atoms with Crippen LogP contribution in [0.25, 0.3) is 0 Å². The van der Waals surface area contributed by atoms with Crippen molar-refractivity contribution >= 4 is 39.3 Å². The highest BCUT2D eigenvalue weighted by atomic mass is 79.9. The molecule has 1 atom stereocenters. The number of halogens is 1. The van der Waals surface area contributed by atoms with Crippen LogP contribution in [0.2, 0.25) is 0 Å². The Hall–Kier alpha value is -0.520. The molecule has 2 aliphatic rings. The van der Waals surface area contributed by atoms with Gasteiger partial charge in [0.15, 0.2) is 0 Å². The van der Waals surface area contributed by atoms with Crippen LogP contribution in [0.1, 0.15) is 12.0 Å². The number of hydrogen-bond donors (Lipinski definition) is 1. The molecule has 0 bridgehead atoms. The Bertz CT molecular complexity index is 488. The van der Waals surface area contributed by atoms with Gasteiger partial charge in [0.2, 0.25) is 5.91 Å². The summed E-state index contributed by atoms with van der Waals surface area (Å²) in [5.74, 6) is 2.45. The molecule has 1 aromatic carbocycles. The van der Waals surface area contributed by atoms with E-state index in [1.54, 1.807) is 0 Å². The first kappa shape index (κ1) is 13.5. The van der Waals surface area contributed by atoms with Gasteiger partial charge >= 0.3 is 0 Å². The molecule has 2 aliphatic heterocycles. The van der Waals surface area contributed by atoms with Crippen LogP contribution in [0, 0.1) is 0 Å². The van der Waals surface area contributed by atoms with Crippen LogP contribution < -0.4 is 10.2 Å². The van der Waals surface area contributed by atoms with Crippen molar-refractivity contribution in [1.29, 1.82) is 0 Å². The number of fused-ring (bicyclic) bond motifs is 1. The molecular formula is C14H17BrN2OS. The summed E-state index contributed by atoms with van der Waals surface area (Å²) in [5, 5.41) is 3.43. The van der Waals surface area contributed by atoms with Gasteiger partial charge in [-0.2, -0.15) is 11.8 Å². The van der Waals surface area contributed by atoms with Crippen molar-refractivity contribution in [3.8, 4) is 0 Å². The van der Waals surface area contributed by atoms with E-state index in [4.69, 9.17) is 0 Å². The molecular weight excluding hydrogens is 324 g/mol. The summed E-state index contributed by atoms with van der Waals surface area (Å²) in [6.45, 7) is 1.84. The summed E-state index contributed by atoms with van der Waals surface area (Å²) in [4.78, 5) is 14.4. The fourth-order valence-electron chi connectivity index (χ4n) is 2.68. The lowest BCUT2D eigenvalue weighted by Crippen LogP contribution is -2.42. The Morgan fingerprint density at radius 1 is 1.53 bits per heavy atom. The number of hydrogen-bond acceptors (Lipinski definition) is 3. The molecule has 1 N–H and O–H groups in total. The minimum Gasteiger partial charge on any atom is -0.312 e. The van der Waals surface area contributed by atoms with Crippen LogP contribution in [0.3, 0.4) is 0 Å². The maximum Gasteiger partial charge on any atom is 0.228 e. The topological polar surface area (TPSA) is 32.3 Å². The summed E-state index contributed by atoms with van der Waals surface area (Å²) in [5.41, 5.74) is 2.37. The van der Waals surface area contributed by atoms with E-state index < -0.39 is 0 Å². The number of nitrogens with zero attached hydrogens (tertiary/aromatic N) is 1. The smallest absolute Gasteiger partial charge is 0.228 e. The van der Waals surface area contributed by atoms with Crippen molar-refractivity contribution in [3.63, 3.8) is 0 Å². The number of carbonyl (C=O) groups excluding carboxylic acids is 1. The van der Waals surface area contributed by atoms with Gasteiger partial charge in [-0.3, -0.25) is 4.79 Å². The van der Waals surface area contributed by atoms with Crippen LogP contribution in [0.15, 0.2) is 22.7 Å². The molecule has 1 unspecified atom stereocenters. The van der Waals surface area contributed by atoms with Crippen molar-refractivity contribution in [1.82, 2.24) is 5.32 Å². The monoisotopic (exact) mass is 340 g/mol. The lowest BCUT2D eigenvalue weighted by molar-refractivity contribution is -0.118. The fraction of sp³-hybridized carbons (Fsp3) is 0.500. The van der Waals surface area contributed by atoms with Crippen molar-refractivity contribution in [2.24, 2.45) is 0 Å². The molecule has 1 fully saturated rings. The van der Waals surface area contributed by atoms with Gasteiger partial charge in [-0.25, -0.2) is 0 Å². The predicted octanol–water partition coefficient (Wildman–Crippen LogP) is 2.43. The number of thioether (sulfide) groups is 1. The average Bonchev–Trinajstić information content (AvgIpc) is 2.82. The Balaban J connectivity index is 1.70. The van der Waals surface area contributed by atoms with Gasteiger partial charge in [-0.05, 0) is 24.1 Å². The number of amides is 1. The van der Waals surface area contributed by atoms with E-state index in [2.05, 4.69) is 33.4 Å². The lowest BCUT2D eigenvalue weighted by Gasteiger charge is -2.25. The molecule has 0 radical (unpaired) electrons. The predicted molar refractivity (Wildman–Crippen MR) is 83.9 cm³/mol. The van der Waals surface area contributed by atoms with E-state index in [1.165, 1.54) is 5.56 Å². The number of rotatable bonds is 2. The van der Waals surface area contributed by atoms with E-state index in [9.17, 15) is 4.79 Å². The normalized spacial score (nSPS) is 22.4. The molecule has 1 amide bonds. The minimum absolute atomic E-state index is 0.247. The maximum atomic E-state index is 12.4. The van der Waals surface area contributed by atoms with Crippen LogP contribution in [0.5, 0.6) is 0 Å². The Morgan fingerprint density at radius 2 is 2.42 bits per heavy atom. The highest BCUT2D eigenvalue weighted by Gasteiger charge is 2.27. The molecule has 19 heavy (non-hydrogen) atoms. The van der Waals surface area contributed by atoms with E-state index >= 15 is 0 Å². The third-order valence-corrected chi connectivity index (χ3v) is 5.29. The third kappa shape index (κ3) is 2.98. The quantitative estimate of drug-likeness (QED) is 0.897. The molecule has 0 saturated carbocycles. The highest BCUT2D eigenvalue weighted by molar-refractivity contribution is 9.10. The van der Waals surface area contributed by atoms with E-state index in [0.717, 1.165) is 41.2 Å². The summed E-state index contributed by atoms with van der Waals surface area (Å²) >= 11 is 5.42. The first-order valence-electron chi connectivity index (χ1n) is 6.64. The van der Waals surface area contributed by atoms with Crippen LogP contribution in [-0.4, -0.2) is 36.5 Å². The molecule has 102 valence electrons. The molecule has 0 spiro atoms. The van der Waals surface area contributed by atoms with E-state index in [0.29, 0.717) is 12.5 Å². The Kier molecular flexibility index (Phi) is 4.15. The van der Waals surface area contributed by atoms with Gasteiger partial charge in [0.1, 0.15) is 0 Å². The van der Waals surface area contributed by atoms with Crippen LogP contribution >= 0.6 is 27.7 Å². The van der Waals surface area contributed by atoms with Crippen LogP contribution in [0.4, 0.5) is 5.69 Å². The highest BCUT2D eigenvalue weighted by Crippen LogP contribution is 2.31. The van der Waals surface area contributed by atoms with Gasteiger partial charge in [-0.15, -0.1) is 0 Å². The Morgan fingerprint density at radius 3 is 3.21 bits per heavy atom. The molecule has 0 aromatic heterocycles. The summed E-state index contributed by atoms with van der Waals surface area (Å²) in [6, 6.07) is 6.55.